The van der Waals surface area contributed by atoms with Crippen LogP contribution in [-0.2, 0) is 17.9 Å². The Balaban J connectivity index is 1.31. The second kappa shape index (κ2) is 9.12. The van der Waals surface area contributed by atoms with Crippen molar-refractivity contribution in [2.45, 2.75) is 45.2 Å². The van der Waals surface area contributed by atoms with Crippen molar-refractivity contribution >= 4 is 5.91 Å². The summed E-state index contributed by atoms with van der Waals surface area (Å²) in [6, 6.07) is 4.92. The van der Waals surface area contributed by atoms with Gasteiger partial charge in [0, 0.05) is 50.1 Å². The predicted molar refractivity (Wildman–Crippen MR) is 110 cm³/mol. The first kappa shape index (κ1) is 20.8. The number of rotatable bonds is 7. The van der Waals surface area contributed by atoms with Gasteiger partial charge in [0.15, 0.2) is 0 Å². The van der Waals surface area contributed by atoms with Crippen molar-refractivity contribution in [2.75, 3.05) is 33.3 Å². The van der Waals surface area contributed by atoms with E-state index in [1.54, 1.807) is 30.3 Å². The number of likely N-dealkylation sites (tertiary alicyclic amines) is 2. The monoisotopic (exact) mass is 415 g/mol. The summed E-state index contributed by atoms with van der Waals surface area (Å²) in [4.78, 5) is 21.0. The largest absolute Gasteiger partial charge is 0.497 e. The molecule has 2 aromatic rings. The maximum atomic E-state index is 14.3. The number of nitrogens with zero attached hydrogens (tertiary/aromatic N) is 5. The highest BCUT2D eigenvalue weighted by Crippen LogP contribution is 2.39. The molecule has 162 valence electrons. The molecule has 30 heavy (non-hydrogen) atoms. The number of piperidine rings is 1. The molecule has 0 bridgehead atoms. The van der Waals surface area contributed by atoms with Crippen LogP contribution in [0.1, 0.15) is 37.7 Å². The predicted octanol–water partition coefficient (Wildman–Crippen LogP) is 2.72. The quantitative estimate of drug-likeness (QED) is 0.696. The minimum Gasteiger partial charge on any atom is -0.497 e. The molecule has 2 aliphatic rings. The van der Waals surface area contributed by atoms with Gasteiger partial charge in [0.2, 0.25) is 5.91 Å². The van der Waals surface area contributed by atoms with Crippen LogP contribution in [0.5, 0.6) is 5.75 Å². The third-order valence-corrected chi connectivity index (χ3v) is 6.42. The number of aryl methyl sites for hydroxylation is 1. The molecule has 1 atom stereocenters. The van der Waals surface area contributed by atoms with Crippen LogP contribution in [0.15, 0.2) is 30.9 Å². The maximum Gasteiger partial charge on any atom is 0.222 e. The molecule has 0 aliphatic carbocycles. The van der Waals surface area contributed by atoms with Crippen molar-refractivity contribution in [2.24, 2.45) is 5.41 Å². The highest BCUT2D eigenvalue weighted by molar-refractivity contribution is 5.76. The number of ether oxygens (including phenoxy) is 1. The number of carbonyl (C=O) groups is 1. The highest BCUT2D eigenvalue weighted by atomic mass is 19.1. The van der Waals surface area contributed by atoms with Crippen molar-refractivity contribution in [1.82, 2.24) is 24.6 Å². The van der Waals surface area contributed by atoms with Gasteiger partial charge >= 0.3 is 0 Å². The normalized spacial score (nSPS) is 22.0. The zero-order valence-electron chi connectivity index (χ0n) is 17.6. The average Bonchev–Trinajstić information content (AvgIpc) is 3.40. The Morgan fingerprint density at radius 3 is 2.97 bits per heavy atom. The van der Waals surface area contributed by atoms with Gasteiger partial charge in [0.1, 0.15) is 24.2 Å². The molecular formula is C22H30FN5O2. The summed E-state index contributed by atoms with van der Waals surface area (Å²) in [6.07, 6.45) is 7.74. The van der Waals surface area contributed by atoms with Crippen molar-refractivity contribution < 1.29 is 13.9 Å². The number of carbonyl (C=O) groups excluding carboxylic acids is 1. The fourth-order valence-electron chi connectivity index (χ4n) is 4.86. The first-order chi connectivity index (χ1) is 14.6. The molecule has 2 saturated heterocycles. The summed E-state index contributed by atoms with van der Waals surface area (Å²) < 4.78 is 21.3. The molecule has 2 fully saturated rings. The van der Waals surface area contributed by atoms with Crippen LogP contribution in [0.2, 0.25) is 0 Å². The molecule has 0 radical (unpaired) electrons. The zero-order valence-corrected chi connectivity index (χ0v) is 17.6. The number of halogens is 1. The van der Waals surface area contributed by atoms with Gasteiger partial charge in [0.05, 0.1) is 7.11 Å². The lowest BCUT2D eigenvalue weighted by Gasteiger charge is -2.40. The molecule has 1 spiro atoms. The first-order valence-corrected chi connectivity index (χ1v) is 10.7. The summed E-state index contributed by atoms with van der Waals surface area (Å²) >= 11 is 0. The molecule has 1 aromatic carbocycles. The standard InChI is InChI=1S/C22H30FN5O2/c1-30-19-5-6-20(23)18(12-19)13-26-9-3-7-22(14-26)8-11-27(15-22)21(29)4-2-10-28-17-24-16-25-28/h5-6,12,16-17H,2-4,7-11,13-15H2,1H3. The fourth-order valence-corrected chi connectivity index (χ4v) is 4.86. The van der Waals surface area contributed by atoms with Gasteiger partial charge in [-0.15, -0.1) is 0 Å². The van der Waals surface area contributed by atoms with Crippen LogP contribution in [0.4, 0.5) is 4.39 Å². The van der Waals surface area contributed by atoms with E-state index in [0.29, 0.717) is 30.8 Å². The van der Waals surface area contributed by atoms with Crippen LogP contribution < -0.4 is 4.74 Å². The van der Waals surface area contributed by atoms with Gasteiger partial charge in [-0.1, -0.05) is 0 Å². The van der Waals surface area contributed by atoms with Crippen molar-refractivity contribution in [3.05, 3.63) is 42.2 Å². The van der Waals surface area contributed by atoms with Crippen molar-refractivity contribution in [1.29, 1.82) is 0 Å². The Labute approximate surface area is 176 Å². The minimum absolute atomic E-state index is 0.134. The van der Waals surface area contributed by atoms with E-state index in [1.807, 2.05) is 4.90 Å². The number of methoxy groups -OCH3 is 1. The molecule has 1 aromatic heterocycles. The van der Waals surface area contributed by atoms with E-state index in [2.05, 4.69) is 15.0 Å². The summed E-state index contributed by atoms with van der Waals surface area (Å²) in [5.41, 5.74) is 0.806. The fraction of sp³-hybridized carbons (Fsp3) is 0.591. The summed E-state index contributed by atoms with van der Waals surface area (Å²) in [7, 11) is 1.60. The molecule has 4 rings (SSSR count). The van der Waals surface area contributed by atoms with Crippen LogP contribution in [0.3, 0.4) is 0 Å². The minimum atomic E-state index is -0.189. The molecule has 3 heterocycles. The molecule has 8 heteroatoms. The SMILES string of the molecule is COc1ccc(F)c(CN2CCCC3(CCN(C(=O)CCCn4cncn4)C3)C2)c1. The topological polar surface area (TPSA) is 63.5 Å². The van der Waals surface area contributed by atoms with E-state index >= 15 is 0 Å². The molecule has 2 aliphatic heterocycles. The zero-order chi connectivity index (χ0) is 21.0. The van der Waals surface area contributed by atoms with Crippen molar-refractivity contribution in [3.8, 4) is 5.75 Å². The summed E-state index contributed by atoms with van der Waals surface area (Å²) in [5, 5.41) is 4.08. The number of hydrogen-bond acceptors (Lipinski definition) is 5. The van der Waals surface area contributed by atoms with E-state index in [4.69, 9.17) is 4.74 Å². The molecule has 1 unspecified atom stereocenters. The lowest BCUT2D eigenvalue weighted by atomic mass is 9.79. The molecule has 0 saturated carbocycles. The third-order valence-electron chi connectivity index (χ3n) is 6.42. The van der Waals surface area contributed by atoms with E-state index in [1.165, 1.54) is 12.4 Å². The van der Waals surface area contributed by atoms with Gasteiger partial charge in [0.25, 0.3) is 0 Å². The summed E-state index contributed by atoms with van der Waals surface area (Å²) in [6.45, 7) is 4.80. The van der Waals surface area contributed by atoms with Gasteiger partial charge in [-0.2, -0.15) is 5.10 Å². The number of aromatic nitrogens is 3. The Bertz CT molecular complexity index is 859. The number of benzene rings is 1. The van der Waals surface area contributed by atoms with E-state index in [9.17, 15) is 9.18 Å². The second-order valence-electron chi connectivity index (χ2n) is 8.60. The number of amides is 1. The first-order valence-electron chi connectivity index (χ1n) is 10.7. The Kier molecular flexibility index (Phi) is 6.32. The number of hydrogen-bond donors (Lipinski definition) is 0. The average molecular weight is 416 g/mol. The molecule has 7 nitrogen and oxygen atoms in total. The van der Waals surface area contributed by atoms with E-state index < -0.39 is 0 Å². The molecule has 1 amide bonds. The lowest BCUT2D eigenvalue weighted by molar-refractivity contribution is -0.130. The second-order valence-corrected chi connectivity index (χ2v) is 8.60. The van der Waals surface area contributed by atoms with Crippen LogP contribution >= 0.6 is 0 Å². The van der Waals surface area contributed by atoms with Crippen LogP contribution in [-0.4, -0.2) is 63.8 Å². The highest BCUT2D eigenvalue weighted by Gasteiger charge is 2.42. The maximum absolute atomic E-state index is 14.3. The van der Waals surface area contributed by atoms with Crippen LogP contribution in [0.25, 0.3) is 0 Å². The summed E-state index contributed by atoms with van der Waals surface area (Å²) in [5.74, 6) is 0.718. The van der Waals surface area contributed by atoms with E-state index in [-0.39, 0.29) is 17.1 Å². The van der Waals surface area contributed by atoms with Gasteiger partial charge < -0.3 is 9.64 Å². The third kappa shape index (κ3) is 4.80. The molecule has 0 N–H and O–H groups in total. The van der Waals surface area contributed by atoms with Crippen LogP contribution in [0, 0.1) is 11.2 Å². The van der Waals surface area contributed by atoms with Gasteiger partial charge in [-0.3, -0.25) is 14.4 Å². The van der Waals surface area contributed by atoms with E-state index in [0.717, 1.165) is 51.9 Å². The Morgan fingerprint density at radius 1 is 1.27 bits per heavy atom. The van der Waals surface area contributed by atoms with Gasteiger partial charge in [-0.05, 0) is 50.4 Å². The molecular weight excluding hydrogens is 385 g/mol. The Morgan fingerprint density at radius 2 is 2.17 bits per heavy atom. The smallest absolute Gasteiger partial charge is 0.222 e. The van der Waals surface area contributed by atoms with Gasteiger partial charge in [-0.25, -0.2) is 9.37 Å². The van der Waals surface area contributed by atoms with Crippen molar-refractivity contribution in [3.63, 3.8) is 0 Å². The Hall–Kier alpha value is -2.48. The lowest BCUT2D eigenvalue weighted by Crippen LogP contribution is -2.45.